The average molecular weight is 1080 g/mol. The predicted molar refractivity (Wildman–Crippen MR) is 300 cm³/mol. The Morgan fingerprint density at radius 1 is 0.816 bits per heavy atom. The highest BCUT2D eigenvalue weighted by molar-refractivity contribution is 8.00. The molecule has 1 aromatic heterocycles. The minimum absolute atomic E-state index is 0.00161. The number of hydrogen-bond acceptors (Lipinski definition) is 14. The number of fused-ring (bicyclic) bond motifs is 1. The summed E-state index contributed by atoms with van der Waals surface area (Å²) in [7, 11) is 1.44. The molecule has 2 N–H and O–H groups in total. The summed E-state index contributed by atoms with van der Waals surface area (Å²) >= 11 is 2.26. The fraction of sp³-hybridized carbons (Fsp3) is 0.276. The van der Waals surface area contributed by atoms with Crippen LogP contribution in [-0.2, 0) is 33.4 Å². The highest BCUT2D eigenvalue weighted by Crippen LogP contribution is 2.49. The normalized spacial score (nSPS) is 18.7. The van der Waals surface area contributed by atoms with Crippen LogP contribution in [0.15, 0.2) is 168 Å². The number of likely N-dealkylation sites (tertiary alicyclic amines) is 2. The summed E-state index contributed by atoms with van der Waals surface area (Å²) in [4.78, 5) is 91.9. The standard InChI is InChI=1S/C31H35N2O3P.C27H23N5O5S2/c1-31(2,3)36-30(35)32-21-19-24(23-32)33-22-20-28(29(33)34)37(25-13-7-4-8-14-25,26-15-9-5-10-16-26)27-17-11-6-12-18-27;1-29-20(23-30-27(28)39-31-23)19(34)12-18-24(35)32-21(17(13-33)14-38-25(18)32)26(36)37-22(15-8-4-2-5-9-15)16-10-6-3-7-11-16/h4-18,24H,19-23H2,1-3H3;2-11,13,18,22,25H,12,14H2,1H3,(H2,28,30,31)/t24-;18-,25-/m11/s1. The van der Waals surface area contributed by atoms with Gasteiger partial charge in [0.2, 0.25) is 5.91 Å². The number of thioether (sulfide) groups is 1. The molecular weight excluding hydrogens is 1020 g/mol. The van der Waals surface area contributed by atoms with E-state index in [0.717, 1.165) is 34.4 Å². The van der Waals surface area contributed by atoms with E-state index in [4.69, 9.17) is 15.2 Å². The number of Topliss-reactive ketones (excluding diaryl/α,β-unsaturated/α-hetero) is 1. The van der Waals surface area contributed by atoms with Gasteiger partial charge in [0.1, 0.15) is 23.3 Å². The maximum absolute atomic E-state index is 14.3. The Morgan fingerprint density at radius 3 is 1.84 bits per heavy atom. The fourth-order valence-corrected chi connectivity index (χ4v) is 16.5. The van der Waals surface area contributed by atoms with E-state index < -0.39 is 47.5 Å². The lowest BCUT2D eigenvalue weighted by Gasteiger charge is -2.49. The van der Waals surface area contributed by atoms with Crippen molar-refractivity contribution in [2.24, 2.45) is 10.9 Å². The second-order valence-corrected chi connectivity index (χ2v) is 24.8. The summed E-state index contributed by atoms with van der Waals surface area (Å²) < 4.78 is 15.6. The molecule has 0 saturated carbocycles. The van der Waals surface area contributed by atoms with Gasteiger partial charge in [0.25, 0.3) is 5.91 Å². The minimum Gasteiger partial charge on any atom is -0.448 e. The van der Waals surface area contributed by atoms with Gasteiger partial charge in [-0.2, -0.15) is 9.36 Å². The summed E-state index contributed by atoms with van der Waals surface area (Å²) in [6.45, 7) is 5.06. The number of esters is 1. The minimum atomic E-state index is -2.38. The van der Waals surface area contributed by atoms with Gasteiger partial charge < -0.3 is 25.0 Å². The van der Waals surface area contributed by atoms with E-state index in [1.807, 2.05) is 105 Å². The molecule has 0 radical (unpaired) electrons. The quantitative estimate of drug-likeness (QED) is 0.0402. The Labute approximate surface area is 450 Å². The van der Waals surface area contributed by atoms with Crippen LogP contribution >= 0.6 is 30.2 Å². The maximum Gasteiger partial charge on any atom is 0.410 e. The number of aromatic nitrogens is 2. The van der Waals surface area contributed by atoms with Crippen LogP contribution in [0.2, 0.25) is 0 Å². The van der Waals surface area contributed by atoms with Gasteiger partial charge in [-0.1, -0.05) is 152 Å². The number of anilines is 1. The Bertz CT molecular complexity index is 3100. The number of nitrogen functional groups attached to an aromatic ring is 1. The van der Waals surface area contributed by atoms with Crippen LogP contribution < -0.4 is 21.6 Å². The lowest BCUT2D eigenvalue weighted by atomic mass is 9.89. The van der Waals surface area contributed by atoms with Crippen LogP contribution in [-0.4, -0.2) is 120 Å². The number of amides is 3. The van der Waals surface area contributed by atoms with Crippen LogP contribution in [0.4, 0.5) is 9.93 Å². The van der Waals surface area contributed by atoms with Gasteiger partial charge in [-0.15, -0.1) is 11.8 Å². The van der Waals surface area contributed by atoms with Gasteiger partial charge in [-0.3, -0.25) is 29.1 Å². The van der Waals surface area contributed by atoms with Gasteiger partial charge in [0.05, 0.1) is 17.3 Å². The number of rotatable bonds is 13. The zero-order valence-corrected chi connectivity index (χ0v) is 45.1. The maximum atomic E-state index is 14.3. The number of ketones is 1. The molecule has 3 atom stereocenters. The third kappa shape index (κ3) is 11.0. The monoisotopic (exact) mass is 1080 g/mol. The van der Waals surface area contributed by atoms with E-state index in [1.165, 1.54) is 39.6 Å². The first kappa shape index (κ1) is 53.4. The molecule has 4 aliphatic rings. The second-order valence-electron chi connectivity index (χ2n) is 19.5. The number of β-lactam (4-membered cyclic amide) rings is 1. The van der Waals surface area contributed by atoms with Crippen LogP contribution in [0.5, 0.6) is 0 Å². The average Bonchev–Trinajstić information content (AvgIpc) is 4.25. The molecule has 4 aliphatic heterocycles. The van der Waals surface area contributed by atoms with Crippen molar-refractivity contribution in [3.8, 4) is 0 Å². The summed E-state index contributed by atoms with van der Waals surface area (Å²) in [5.74, 6) is -1.89. The third-order valence-corrected chi connectivity index (χ3v) is 20.0. The van der Waals surface area contributed by atoms with Crippen molar-refractivity contribution >= 4 is 98.2 Å². The number of aldehydes is 1. The molecule has 18 heteroatoms. The SMILES string of the molecule is CC(C)(C)OC(=O)N1CC[C@@H](N2CCC(=P(c3ccccc3)(c3ccccc3)c3ccccc3)C2=O)C1.CN=C(C(=O)C[C@@H]1C(=O)N2C(C(=O)OC(c3ccccc3)c3ccccc3)=C(C=O)CS[C@H]12)c1nsc(N)n1. The van der Waals surface area contributed by atoms with Gasteiger partial charge >= 0.3 is 12.1 Å². The van der Waals surface area contributed by atoms with Crippen molar-refractivity contribution in [2.45, 2.75) is 63.2 Å². The van der Waals surface area contributed by atoms with Crippen molar-refractivity contribution in [3.63, 3.8) is 0 Å². The van der Waals surface area contributed by atoms with Gasteiger partial charge in [-0.25, -0.2) is 9.59 Å². The zero-order valence-electron chi connectivity index (χ0n) is 42.6. The van der Waals surface area contributed by atoms with Crippen molar-refractivity contribution < 1.29 is 38.2 Å². The van der Waals surface area contributed by atoms with Crippen LogP contribution in [0, 0.1) is 5.92 Å². The Hall–Kier alpha value is -7.46. The molecule has 0 unspecified atom stereocenters. The molecule has 15 nitrogen and oxygen atoms in total. The molecular formula is C58H58N7O8PS2. The number of nitrogens with zero attached hydrogens (tertiary/aromatic N) is 6. The molecule has 0 bridgehead atoms. The summed E-state index contributed by atoms with van der Waals surface area (Å²) in [5, 5.41) is 4.27. The topological polar surface area (TPSA) is 195 Å². The molecule has 76 heavy (non-hydrogen) atoms. The van der Waals surface area contributed by atoms with E-state index in [9.17, 15) is 28.8 Å². The Kier molecular flexibility index (Phi) is 16.3. The number of aliphatic imine (C=N–C) groups is 1. The summed E-state index contributed by atoms with van der Waals surface area (Å²) in [6, 6.07) is 50.0. The number of ether oxygens (including phenoxy) is 2. The summed E-state index contributed by atoms with van der Waals surface area (Å²) in [6.07, 6.45) is 0.869. The number of hydrogen-bond donors (Lipinski definition) is 1. The second kappa shape index (κ2) is 23.2. The molecule has 0 aliphatic carbocycles. The van der Waals surface area contributed by atoms with Gasteiger partial charge in [0.15, 0.2) is 22.8 Å². The largest absolute Gasteiger partial charge is 0.448 e. The summed E-state index contributed by atoms with van der Waals surface area (Å²) in [5.41, 5.74) is 6.70. The lowest BCUT2D eigenvalue weighted by molar-refractivity contribution is -0.157. The molecule has 5 aromatic carbocycles. The van der Waals surface area contributed by atoms with Crippen LogP contribution in [0.1, 0.15) is 63.1 Å². The number of benzene rings is 5. The number of carbonyl (C=O) groups is 6. The van der Waals surface area contributed by atoms with Crippen LogP contribution in [0.25, 0.3) is 0 Å². The molecule has 3 fully saturated rings. The van der Waals surface area contributed by atoms with E-state index >= 15 is 0 Å². The van der Waals surface area contributed by atoms with E-state index in [1.54, 1.807) is 4.90 Å². The zero-order chi connectivity index (χ0) is 53.6. The van der Waals surface area contributed by atoms with E-state index in [0.29, 0.717) is 32.3 Å². The molecule has 390 valence electrons. The molecule has 5 heterocycles. The van der Waals surface area contributed by atoms with Crippen molar-refractivity contribution in [1.29, 1.82) is 0 Å². The molecule has 6 aromatic rings. The van der Waals surface area contributed by atoms with Crippen LogP contribution in [0.3, 0.4) is 0 Å². The van der Waals surface area contributed by atoms with Gasteiger partial charge in [0, 0.05) is 61.3 Å². The van der Waals surface area contributed by atoms with Crippen molar-refractivity contribution in [3.05, 3.63) is 180 Å². The number of carbonyl (C=O) groups excluding carboxylic acids is 6. The number of nitrogens with two attached hydrogens (primary N) is 1. The van der Waals surface area contributed by atoms with Gasteiger partial charge in [-0.05, 0) is 67.5 Å². The highest BCUT2D eigenvalue weighted by Gasteiger charge is 2.55. The predicted octanol–water partition coefficient (Wildman–Crippen LogP) is 7.21. The molecule has 0 spiro atoms. The highest BCUT2D eigenvalue weighted by atomic mass is 32.2. The van der Waals surface area contributed by atoms with Crippen molar-refractivity contribution in [1.82, 2.24) is 24.1 Å². The Balaban J connectivity index is 0.000000186. The Morgan fingerprint density at radius 2 is 1.36 bits per heavy atom. The smallest absolute Gasteiger partial charge is 0.410 e. The fourth-order valence-electron chi connectivity index (χ4n) is 10.2. The first-order valence-electron chi connectivity index (χ1n) is 25.0. The first-order chi connectivity index (χ1) is 36.7. The lowest BCUT2D eigenvalue weighted by Crippen LogP contribution is -2.62. The van der Waals surface area contributed by atoms with Crippen molar-refractivity contribution in [2.75, 3.05) is 38.2 Å². The molecule has 3 amide bonds. The van der Waals surface area contributed by atoms with E-state index in [2.05, 4.69) is 87.1 Å². The molecule has 10 rings (SSSR count). The van der Waals surface area contributed by atoms with E-state index in [-0.39, 0.29) is 58.2 Å². The first-order valence-corrected chi connectivity index (χ1v) is 28.6. The third-order valence-electron chi connectivity index (χ3n) is 13.6. The molecule has 3 saturated heterocycles.